The number of hydrogen-bond acceptors (Lipinski definition) is 3. The fourth-order valence-electron chi connectivity index (χ4n) is 5.60. The zero-order chi connectivity index (χ0) is 22.2. The minimum absolute atomic E-state index is 0.119. The molecular weight excluding hydrogens is 396 g/mol. The SMILES string of the molecule is CN(C)c1ccc(-c2ccc(=O)n3c2[C@@H]2C[C@H](C3)C[NH+](Cc3cccc(C#N)c3)C2)cc1. The van der Waals surface area contributed by atoms with Gasteiger partial charge < -0.3 is 14.4 Å². The van der Waals surface area contributed by atoms with Crippen molar-refractivity contribution in [2.24, 2.45) is 5.92 Å². The average Bonchev–Trinajstić information content (AvgIpc) is 2.80. The fraction of sp³-hybridized carbons (Fsp3) is 0.333. The molecule has 162 valence electrons. The maximum atomic E-state index is 12.8. The standard InChI is InChI=1S/C27H28N4O/c1-29(2)24-8-6-22(7-9-24)25-10-11-26(32)31-17-21-13-23(27(25)31)18-30(16-21)15-20-5-3-4-19(12-20)14-28/h3-12,21,23H,13,15-18H2,1-2H3/p+1/t21-,23+/m0/s1. The van der Waals surface area contributed by atoms with Gasteiger partial charge in [-0.25, -0.2) is 0 Å². The van der Waals surface area contributed by atoms with Crippen molar-refractivity contribution in [3.8, 4) is 17.2 Å². The highest BCUT2D eigenvalue weighted by Gasteiger charge is 2.38. The lowest BCUT2D eigenvalue weighted by molar-refractivity contribution is -0.924. The first-order valence-corrected chi connectivity index (χ1v) is 11.4. The van der Waals surface area contributed by atoms with Crippen LogP contribution in [0, 0.1) is 17.2 Å². The number of nitrogens with zero attached hydrogens (tertiary/aromatic N) is 3. The number of quaternary nitrogens is 1. The predicted molar refractivity (Wildman–Crippen MR) is 127 cm³/mol. The Morgan fingerprint density at radius 3 is 2.66 bits per heavy atom. The van der Waals surface area contributed by atoms with Gasteiger partial charge in [0.05, 0.1) is 24.7 Å². The normalized spacial score (nSPS) is 21.5. The first-order valence-electron chi connectivity index (χ1n) is 11.4. The van der Waals surface area contributed by atoms with E-state index in [9.17, 15) is 10.1 Å². The molecule has 1 saturated heterocycles. The summed E-state index contributed by atoms with van der Waals surface area (Å²) in [5.74, 6) is 0.883. The molecule has 3 aromatic rings. The van der Waals surface area contributed by atoms with Gasteiger partial charge in [0.15, 0.2) is 0 Å². The van der Waals surface area contributed by atoms with Crippen LogP contribution in [0.3, 0.4) is 0 Å². The van der Waals surface area contributed by atoms with Gasteiger partial charge in [0, 0.05) is 61.1 Å². The summed E-state index contributed by atoms with van der Waals surface area (Å²) >= 11 is 0. The van der Waals surface area contributed by atoms with E-state index in [0.717, 1.165) is 38.2 Å². The number of aromatic nitrogens is 1. The van der Waals surface area contributed by atoms with E-state index < -0.39 is 0 Å². The Morgan fingerprint density at radius 1 is 1.09 bits per heavy atom. The first kappa shape index (κ1) is 20.5. The number of likely N-dealkylation sites (tertiary alicyclic amines) is 1. The van der Waals surface area contributed by atoms with Crippen LogP contribution in [0.15, 0.2) is 65.5 Å². The molecule has 2 aromatic carbocycles. The number of pyridine rings is 1. The molecule has 1 unspecified atom stereocenters. The summed E-state index contributed by atoms with van der Waals surface area (Å²) in [4.78, 5) is 16.4. The Morgan fingerprint density at radius 2 is 1.91 bits per heavy atom. The van der Waals surface area contributed by atoms with E-state index in [1.54, 1.807) is 6.07 Å². The molecule has 32 heavy (non-hydrogen) atoms. The maximum Gasteiger partial charge on any atom is 0.250 e. The summed E-state index contributed by atoms with van der Waals surface area (Å²) in [6.45, 7) is 3.81. The van der Waals surface area contributed by atoms with Crippen LogP contribution in [-0.2, 0) is 13.1 Å². The van der Waals surface area contributed by atoms with E-state index in [0.29, 0.717) is 11.8 Å². The topological polar surface area (TPSA) is 53.5 Å². The number of rotatable bonds is 4. The molecule has 3 atom stereocenters. The second-order valence-electron chi connectivity index (χ2n) is 9.47. The zero-order valence-corrected chi connectivity index (χ0v) is 18.7. The van der Waals surface area contributed by atoms with Gasteiger partial charge in [-0.2, -0.15) is 5.26 Å². The van der Waals surface area contributed by atoms with Gasteiger partial charge in [0.1, 0.15) is 6.54 Å². The molecule has 3 heterocycles. The highest BCUT2D eigenvalue weighted by molar-refractivity contribution is 5.69. The molecule has 2 aliphatic heterocycles. The van der Waals surface area contributed by atoms with Crippen molar-refractivity contribution in [3.05, 3.63) is 87.8 Å². The molecule has 5 heteroatoms. The minimum atomic E-state index is 0.119. The van der Waals surface area contributed by atoms with E-state index >= 15 is 0 Å². The Balaban J connectivity index is 1.47. The molecule has 1 aromatic heterocycles. The lowest BCUT2D eigenvalue weighted by atomic mass is 9.80. The Hall–Kier alpha value is -3.36. The minimum Gasteiger partial charge on any atom is -0.378 e. The zero-order valence-electron chi connectivity index (χ0n) is 18.7. The van der Waals surface area contributed by atoms with Crippen LogP contribution in [-0.4, -0.2) is 31.8 Å². The van der Waals surface area contributed by atoms with Crippen LogP contribution >= 0.6 is 0 Å². The van der Waals surface area contributed by atoms with E-state index in [1.807, 2.05) is 42.9 Å². The van der Waals surface area contributed by atoms with Crippen molar-refractivity contribution in [2.45, 2.75) is 25.4 Å². The van der Waals surface area contributed by atoms with Crippen LogP contribution in [0.2, 0.25) is 0 Å². The van der Waals surface area contributed by atoms with Gasteiger partial charge in [-0.3, -0.25) is 4.79 Å². The van der Waals surface area contributed by atoms with Crippen LogP contribution in [0.5, 0.6) is 0 Å². The van der Waals surface area contributed by atoms with E-state index in [1.165, 1.54) is 33.0 Å². The van der Waals surface area contributed by atoms with Crippen LogP contribution in [0.4, 0.5) is 5.69 Å². The molecule has 1 fully saturated rings. The van der Waals surface area contributed by atoms with E-state index in [-0.39, 0.29) is 5.56 Å². The summed E-state index contributed by atoms with van der Waals surface area (Å²) in [6, 6.07) is 22.6. The molecule has 1 N–H and O–H groups in total. The molecule has 0 amide bonds. The third-order valence-corrected chi connectivity index (χ3v) is 6.99. The number of fused-ring (bicyclic) bond motifs is 4. The van der Waals surface area contributed by atoms with E-state index in [2.05, 4.69) is 41.3 Å². The molecule has 0 saturated carbocycles. The summed E-state index contributed by atoms with van der Waals surface area (Å²) in [5.41, 5.74) is 6.78. The van der Waals surface area contributed by atoms with Gasteiger partial charge >= 0.3 is 0 Å². The van der Waals surface area contributed by atoms with E-state index in [4.69, 9.17) is 0 Å². The number of piperidine rings is 1. The molecule has 5 rings (SSSR count). The highest BCUT2D eigenvalue weighted by Crippen LogP contribution is 2.37. The van der Waals surface area contributed by atoms with Crippen molar-refractivity contribution < 1.29 is 4.90 Å². The summed E-state index contributed by atoms with van der Waals surface area (Å²) < 4.78 is 2.04. The Labute approximate surface area is 189 Å². The summed E-state index contributed by atoms with van der Waals surface area (Å²) in [7, 11) is 4.09. The molecule has 0 spiro atoms. The highest BCUT2D eigenvalue weighted by atomic mass is 16.1. The number of hydrogen-bond donors (Lipinski definition) is 1. The monoisotopic (exact) mass is 425 g/mol. The third kappa shape index (κ3) is 3.83. The summed E-state index contributed by atoms with van der Waals surface area (Å²) in [6.07, 6.45) is 1.15. The average molecular weight is 426 g/mol. The van der Waals surface area contributed by atoms with Crippen molar-refractivity contribution in [3.63, 3.8) is 0 Å². The predicted octanol–water partition coefficient (Wildman–Crippen LogP) is 2.66. The van der Waals surface area contributed by atoms with Gasteiger partial charge in [-0.05, 0) is 42.3 Å². The number of nitrogens with one attached hydrogen (secondary N) is 1. The summed E-state index contributed by atoms with van der Waals surface area (Å²) in [5, 5.41) is 9.23. The fourth-order valence-corrected chi connectivity index (χ4v) is 5.60. The van der Waals surface area contributed by atoms with Crippen molar-refractivity contribution in [2.75, 3.05) is 32.1 Å². The number of benzene rings is 2. The number of anilines is 1. The molecule has 0 aliphatic carbocycles. The maximum absolute atomic E-state index is 12.8. The number of nitriles is 1. The quantitative estimate of drug-likeness (QED) is 0.699. The molecule has 0 radical (unpaired) electrons. The van der Waals surface area contributed by atoms with Crippen LogP contribution in [0.1, 0.15) is 29.2 Å². The second kappa shape index (κ2) is 8.29. The van der Waals surface area contributed by atoms with Crippen LogP contribution < -0.4 is 15.4 Å². The second-order valence-corrected chi connectivity index (χ2v) is 9.47. The molecule has 5 nitrogen and oxygen atoms in total. The molecule has 2 aliphatic rings. The molecular formula is C27H29N4O+. The lowest BCUT2D eigenvalue weighted by Crippen LogP contribution is -3.13. The lowest BCUT2D eigenvalue weighted by Gasteiger charge is -2.41. The third-order valence-electron chi connectivity index (χ3n) is 6.99. The Bertz CT molecular complexity index is 1240. The largest absolute Gasteiger partial charge is 0.378 e. The van der Waals surface area contributed by atoms with Gasteiger partial charge in [0.25, 0.3) is 5.56 Å². The van der Waals surface area contributed by atoms with Gasteiger partial charge in [-0.1, -0.05) is 24.3 Å². The van der Waals surface area contributed by atoms with Crippen molar-refractivity contribution >= 4 is 5.69 Å². The van der Waals surface area contributed by atoms with Crippen molar-refractivity contribution in [1.29, 1.82) is 5.26 Å². The van der Waals surface area contributed by atoms with Crippen molar-refractivity contribution in [1.82, 2.24) is 4.57 Å². The molecule has 2 bridgehead atoms. The van der Waals surface area contributed by atoms with Gasteiger partial charge in [0.2, 0.25) is 0 Å². The van der Waals surface area contributed by atoms with Crippen LogP contribution in [0.25, 0.3) is 11.1 Å². The van der Waals surface area contributed by atoms with Gasteiger partial charge in [-0.15, -0.1) is 0 Å². The smallest absolute Gasteiger partial charge is 0.250 e. The first-order chi connectivity index (χ1) is 15.5. The Kier molecular flexibility index (Phi) is 5.32.